The third kappa shape index (κ3) is 7.71. The highest BCUT2D eigenvalue weighted by molar-refractivity contribution is 7.89. The minimum absolute atomic E-state index is 0.000774. The van der Waals surface area contributed by atoms with E-state index in [2.05, 4.69) is 5.32 Å². The monoisotopic (exact) mass is 676 g/mol. The Hall–Kier alpha value is -4.69. The van der Waals surface area contributed by atoms with Crippen LogP contribution in [0, 0.1) is 6.92 Å². The van der Waals surface area contributed by atoms with Crippen LogP contribution < -0.4 is 15.6 Å². The van der Waals surface area contributed by atoms with Crippen molar-refractivity contribution < 1.29 is 32.5 Å². The average molecular weight is 677 g/mol. The normalized spacial score (nSPS) is 16.3. The Kier molecular flexibility index (Phi) is 11.2. The molecule has 1 aliphatic heterocycles. The largest absolute Gasteiger partial charge is 0.497 e. The number of amides is 1. The number of hydrogen-bond acceptors (Lipinski definition) is 8. The van der Waals surface area contributed by atoms with Gasteiger partial charge in [0.05, 0.1) is 30.9 Å². The number of ether oxygens (including phenoxy) is 3. The van der Waals surface area contributed by atoms with Crippen LogP contribution in [0.1, 0.15) is 29.2 Å². The van der Waals surface area contributed by atoms with Gasteiger partial charge in [-0.1, -0.05) is 48.5 Å². The zero-order chi connectivity index (χ0) is 34.3. The molecule has 0 fully saturated rings. The number of allylic oxidation sites excluding steroid dienone is 1. The molecule has 12 nitrogen and oxygen atoms in total. The molecule has 2 atom stereocenters. The Labute approximate surface area is 279 Å². The summed E-state index contributed by atoms with van der Waals surface area (Å²) in [7, 11) is -0.677. The first kappa shape index (κ1) is 34.6. The molecule has 0 saturated heterocycles. The van der Waals surface area contributed by atoms with E-state index in [0.717, 1.165) is 15.6 Å². The number of rotatable bonds is 14. The van der Waals surface area contributed by atoms with Crippen LogP contribution in [0.2, 0.25) is 0 Å². The van der Waals surface area contributed by atoms with Gasteiger partial charge in [-0.3, -0.25) is 14.3 Å². The lowest BCUT2D eigenvalue weighted by Crippen LogP contribution is -2.38. The van der Waals surface area contributed by atoms with Crippen LogP contribution in [0.15, 0.2) is 106 Å². The zero-order valence-electron chi connectivity index (χ0n) is 27.1. The number of carbonyl (C=O) groups excluding carboxylic acids is 1. The summed E-state index contributed by atoms with van der Waals surface area (Å²) in [5.74, 6) is -0.505. The van der Waals surface area contributed by atoms with Gasteiger partial charge in [-0.25, -0.2) is 13.1 Å². The zero-order valence-corrected chi connectivity index (χ0v) is 27.9. The van der Waals surface area contributed by atoms with Gasteiger partial charge in [-0.05, 0) is 55.0 Å². The minimum atomic E-state index is -3.97. The van der Waals surface area contributed by atoms with Gasteiger partial charge in [0.1, 0.15) is 5.75 Å². The summed E-state index contributed by atoms with van der Waals surface area (Å²) in [5, 5.41) is 12.5. The van der Waals surface area contributed by atoms with Crippen LogP contribution in [-0.2, 0) is 37.9 Å². The van der Waals surface area contributed by atoms with E-state index in [1.807, 2.05) is 67.6 Å². The van der Waals surface area contributed by atoms with E-state index in [4.69, 9.17) is 14.2 Å². The van der Waals surface area contributed by atoms with Gasteiger partial charge >= 0.3 is 0 Å². The molecule has 13 heteroatoms. The Morgan fingerprint density at radius 1 is 1.02 bits per heavy atom. The number of methoxy groups -OCH3 is 1. The summed E-state index contributed by atoms with van der Waals surface area (Å²) in [5.41, 5.74) is 2.58. The number of nitrogens with one attached hydrogen (secondary N) is 1. The molecular weight excluding hydrogens is 636 g/mol. The fourth-order valence-corrected chi connectivity index (χ4v) is 7.06. The molecule has 3 aromatic carbocycles. The van der Waals surface area contributed by atoms with E-state index < -0.39 is 34.7 Å². The second kappa shape index (κ2) is 15.5. The SMILES string of the molecule is COc1ccc(S(=O)(=O)N(CCO)CCO[C@@H]2C[C@H](c3c(C)n(C)n(-c4ccccc4)c3=O)C=C(C(=O)NCc3ccccc3)O2)cc1. The van der Waals surface area contributed by atoms with Crippen molar-refractivity contribution in [3.63, 3.8) is 0 Å². The summed E-state index contributed by atoms with van der Waals surface area (Å²) < 4.78 is 48.4. The molecule has 48 heavy (non-hydrogen) atoms. The van der Waals surface area contributed by atoms with Gasteiger partial charge < -0.3 is 24.6 Å². The Bertz CT molecular complexity index is 1890. The van der Waals surface area contributed by atoms with E-state index in [9.17, 15) is 23.1 Å². The van der Waals surface area contributed by atoms with Crippen molar-refractivity contribution >= 4 is 15.9 Å². The fraction of sp³-hybridized carbons (Fsp3) is 0.314. The van der Waals surface area contributed by atoms with E-state index in [-0.39, 0.29) is 48.9 Å². The third-order valence-electron chi connectivity index (χ3n) is 8.24. The van der Waals surface area contributed by atoms with Crippen LogP contribution in [0.25, 0.3) is 5.69 Å². The summed E-state index contributed by atoms with van der Waals surface area (Å²) >= 11 is 0. The molecule has 0 radical (unpaired) electrons. The van der Waals surface area contributed by atoms with Crippen LogP contribution in [0.5, 0.6) is 5.75 Å². The van der Waals surface area contributed by atoms with Gasteiger partial charge in [0.2, 0.25) is 16.3 Å². The molecule has 5 rings (SSSR count). The molecule has 1 amide bonds. The summed E-state index contributed by atoms with van der Waals surface area (Å²) in [6, 6.07) is 24.7. The molecular formula is C35H40N4O8S. The molecule has 0 unspecified atom stereocenters. The summed E-state index contributed by atoms with van der Waals surface area (Å²) in [4.78, 5) is 27.3. The van der Waals surface area contributed by atoms with Crippen LogP contribution in [0.4, 0.5) is 0 Å². The average Bonchev–Trinajstić information content (AvgIpc) is 3.33. The molecule has 0 spiro atoms. The number of aliphatic hydroxyl groups is 1. The van der Waals surface area contributed by atoms with Crippen molar-refractivity contribution in [3.05, 3.63) is 124 Å². The van der Waals surface area contributed by atoms with Crippen LogP contribution in [-0.4, -0.2) is 72.8 Å². The molecule has 2 N–H and O–H groups in total. The van der Waals surface area contributed by atoms with Crippen molar-refractivity contribution in [1.82, 2.24) is 19.0 Å². The highest BCUT2D eigenvalue weighted by Crippen LogP contribution is 2.32. The lowest BCUT2D eigenvalue weighted by molar-refractivity contribution is -0.146. The summed E-state index contributed by atoms with van der Waals surface area (Å²) in [6.07, 6.45) is 0.877. The van der Waals surface area contributed by atoms with Crippen molar-refractivity contribution in [2.24, 2.45) is 7.05 Å². The molecule has 254 valence electrons. The second-order valence-corrected chi connectivity index (χ2v) is 13.2. The third-order valence-corrected chi connectivity index (χ3v) is 10.2. The molecule has 0 saturated carbocycles. The number of aromatic nitrogens is 2. The maximum atomic E-state index is 13.9. The van der Waals surface area contributed by atoms with Crippen molar-refractivity contribution in [2.75, 3.05) is 33.4 Å². The molecule has 4 aromatic rings. The molecule has 1 aromatic heterocycles. The van der Waals surface area contributed by atoms with Gasteiger partial charge in [-0.2, -0.15) is 4.31 Å². The number of sulfonamides is 1. The van der Waals surface area contributed by atoms with Gasteiger partial charge in [0.25, 0.3) is 11.5 Å². The Morgan fingerprint density at radius 3 is 2.33 bits per heavy atom. The first-order valence-corrected chi connectivity index (χ1v) is 17.0. The maximum absolute atomic E-state index is 13.9. The Balaban J connectivity index is 1.38. The molecule has 0 aliphatic carbocycles. The van der Waals surface area contributed by atoms with E-state index in [0.29, 0.717) is 17.0 Å². The number of para-hydroxylation sites is 1. The molecule has 2 heterocycles. The highest BCUT2D eigenvalue weighted by atomic mass is 32.2. The maximum Gasteiger partial charge on any atom is 0.286 e. The van der Waals surface area contributed by atoms with E-state index in [1.54, 1.807) is 34.6 Å². The smallest absolute Gasteiger partial charge is 0.286 e. The number of aliphatic hydroxyl groups excluding tert-OH is 1. The standard InChI is InChI=1S/C35H40N4O8S/c1-25-33(35(42)39(37(25)2)28-12-8-5-9-13-28)27-22-31(34(41)36-24-26-10-6-4-7-11-26)47-32(23-27)46-21-19-38(18-20-40)48(43,44)30-16-14-29(45-3)15-17-30/h4-17,22,27,32,40H,18-21,23-24H2,1-3H3,(H,36,41)/t27-,32+/m1/s1. The number of nitrogens with zero attached hydrogens (tertiary/aromatic N) is 3. The lowest BCUT2D eigenvalue weighted by Gasteiger charge is -2.29. The Morgan fingerprint density at radius 2 is 1.69 bits per heavy atom. The number of hydrogen-bond donors (Lipinski definition) is 2. The van der Waals surface area contributed by atoms with Crippen molar-refractivity contribution in [1.29, 1.82) is 0 Å². The van der Waals surface area contributed by atoms with Crippen molar-refractivity contribution in [2.45, 2.75) is 37.0 Å². The first-order chi connectivity index (χ1) is 23.1. The van der Waals surface area contributed by atoms with E-state index >= 15 is 0 Å². The second-order valence-electron chi connectivity index (χ2n) is 11.2. The van der Waals surface area contributed by atoms with Gasteiger partial charge in [0, 0.05) is 50.3 Å². The topological polar surface area (TPSA) is 141 Å². The van der Waals surface area contributed by atoms with Crippen molar-refractivity contribution in [3.8, 4) is 11.4 Å². The predicted octanol–water partition coefficient (Wildman–Crippen LogP) is 3.22. The van der Waals surface area contributed by atoms with Gasteiger partial charge in [0.15, 0.2) is 5.76 Å². The number of benzene rings is 3. The fourth-order valence-electron chi connectivity index (χ4n) is 5.65. The van der Waals surface area contributed by atoms with Gasteiger partial charge in [-0.15, -0.1) is 0 Å². The highest BCUT2D eigenvalue weighted by Gasteiger charge is 2.33. The number of carbonyl (C=O) groups is 1. The van der Waals surface area contributed by atoms with Crippen LogP contribution in [0.3, 0.4) is 0 Å². The quantitative estimate of drug-likeness (QED) is 0.208. The van der Waals surface area contributed by atoms with E-state index in [1.165, 1.54) is 19.2 Å². The predicted molar refractivity (Wildman–Crippen MR) is 179 cm³/mol. The minimum Gasteiger partial charge on any atom is -0.497 e. The summed E-state index contributed by atoms with van der Waals surface area (Å²) in [6.45, 7) is 1.37. The molecule has 1 aliphatic rings. The first-order valence-electron chi connectivity index (χ1n) is 15.5. The molecule has 0 bridgehead atoms. The lowest BCUT2D eigenvalue weighted by atomic mass is 9.93. The van der Waals surface area contributed by atoms with Crippen LogP contribution >= 0.6 is 0 Å².